The van der Waals surface area contributed by atoms with Gasteiger partial charge in [-0.3, -0.25) is 4.79 Å². The van der Waals surface area contributed by atoms with Gasteiger partial charge in [-0.25, -0.2) is 8.42 Å². The average Bonchev–Trinajstić information content (AvgIpc) is 2.55. The summed E-state index contributed by atoms with van der Waals surface area (Å²) in [5, 5.41) is 11.2. The second-order valence-corrected chi connectivity index (χ2v) is 7.19. The van der Waals surface area contributed by atoms with Gasteiger partial charge in [0.05, 0.1) is 18.1 Å². The van der Waals surface area contributed by atoms with E-state index in [1.54, 1.807) is 18.2 Å². The standard InChI is InChI=1S/C15H19N3O4S/c1-22-13-2-4-14(5-3-13)23(20,21)18-10-7-12(8-11-18)17-15(19)6-9-16/h2-5,12H,6-8,10-11H2,1H3,(H,17,19). The number of benzene rings is 1. The van der Waals surface area contributed by atoms with Crippen molar-refractivity contribution in [1.29, 1.82) is 5.26 Å². The second-order valence-electron chi connectivity index (χ2n) is 5.26. The first kappa shape index (κ1) is 17.2. The molecule has 0 aliphatic carbocycles. The van der Waals surface area contributed by atoms with Gasteiger partial charge in [-0.15, -0.1) is 0 Å². The molecule has 1 aliphatic rings. The number of ether oxygens (including phenoxy) is 1. The molecule has 2 rings (SSSR count). The second kappa shape index (κ2) is 7.44. The predicted octanol–water partition coefficient (Wildman–Crippen LogP) is 0.878. The summed E-state index contributed by atoms with van der Waals surface area (Å²) in [5.74, 6) is 0.284. The van der Waals surface area contributed by atoms with Crippen molar-refractivity contribution in [3.63, 3.8) is 0 Å². The van der Waals surface area contributed by atoms with Crippen molar-refractivity contribution < 1.29 is 17.9 Å². The third kappa shape index (κ3) is 4.21. The van der Waals surface area contributed by atoms with E-state index in [-0.39, 0.29) is 23.3 Å². The van der Waals surface area contributed by atoms with Crippen molar-refractivity contribution in [2.24, 2.45) is 0 Å². The van der Waals surface area contributed by atoms with Gasteiger partial charge >= 0.3 is 0 Å². The zero-order valence-corrected chi connectivity index (χ0v) is 13.7. The van der Waals surface area contributed by atoms with E-state index in [0.29, 0.717) is 31.7 Å². The molecule has 1 aliphatic heterocycles. The van der Waals surface area contributed by atoms with Crippen molar-refractivity contribution in [2.45, 2.75) is 30.2 Å². The van der Waals surface area contributed by atoms with Crippen LogP contribution in [0.1, 0.15) is 19.3 Å². The van der Waals surface area contributed by atoms with Crippen LogP contribution < -0.4 is 10.1 Å². The van der Waals surface area contributed by atoms with E-state index in [2.05, 4.69) is 5.32 Å². The number of methoxy groups -OCH3 is 1. The van der Waals surface area contributed by atoms with Gasteiger partial charge < -0.3 is 10.1 Å². The topological polar surface area (TPSA) is 99.5 Å². The molecule has 1 amide bonds. The van der Waals surface area contributed by atoms with E-state index in [4.69, 9.17) is 10.00 Å². The molecule has 124 valence electrons. The van der Waals surface area contributed by atoms with Gasteiger partial charge in [0, 0.05) is 19.1 Å². The fraction of sp³-hybridized carbons (Fsp3) is 0.467. The monoisotopic (exact) mass is 337 g/mol. The van der Waals surface area contributed by atoms with E-state index in [1.165, 1.54) is 23.5 Å². The summed E-state index contributed by atoms with van der Waals surface area (Å²) >= 11 is 0. The summed E-state index contributed by atoms with van der Waals surface area (Å²) in [7, 11) is -2.01. The summed E-state index contributed by atoms with van der Waals surface area (Å²) in [4.78, 5) is 11.6. The van der Waals surface area contributed by atoms with Crippen LogP contribution in [0, 0.1) is 11.3 Å². The van der Waals surface area contributed by atoms with Crippen LogP contribution in [0.3, 0.4) is 0 Å². The summed E-state index contributed by atoms with van der Waals surface area (Å²) in [6, 6.07) is 7.98. The lowest BCUT2D eigenvalue weighted by molar-refractivity contribution is -0.121. The third-order valence-corrected chi connectivity index (χ3v) is 5.67. The van der Waals surface area contributed by atoms with Crippen LogP contribution in [-0.4, -0.2) is 44.9 Å². The zero-order chi connectivity index (χ0) is 16.9. The third-order valence-electron chi connectivity index (χ3n) is 3.76. The molecule has 1 N–H and O–H groups in total. The van der Waals surface area contributed by atoms with Crippen LogP contribution in [0.4, 0.5) is 0 Å². The highest BCUT2D eigenvalue weighted by Crippen LogP contribution is 2.22. The molecule has 0 atom stereocenters. The number of carbonyl (C=O) groups excluding carboxylic acids is 1. The molecule has 1 saturated heterocycles. The van der Waals surface area contributed by atoms with Crippen LogP contribution in [0.25, 0.3) is 0 Å². The normalized spacial score (nSPS) is 16.5. The highest BCUT2D eigenvalue weighted by molar-refractivity contribution is 7.89. The van der Waals surface area contributed by atoms with E-state index in [9.17, 15) is 13.2 Å². The first-order chi connectivity index (χ1) is 11.0. The molecule has 8 heteroatoms. The van der Waals surface area contributed by atoms with Crippen molar-refractivity contribution >= 4 is 15.9 Å². The predicted molar refractivity (Wildman–Crippen MR) is 83.1 cm³/mol. The number of nitriles is 1. The Balaban J connectivity index is 1.98. The van der Waals surface area contributed by atoms with Crippen LogP contribution >= 0.6 is 0 Å². The summed E-state index contributed by atoms with van der Waals surface area (Å²) in [5.41, 5.74) is 0. The van der Waals surface area contributed by atoms with E-state index in [1.807, 2.05) is 0 Å². The van der Waals surface area contributed by atoms with Crippen molar-refractivity contribution in [3.8, 4) is 11.8 Å². The van der Waals surface area contributed by atoms with Crippen LogP contribution in [-0.2, 0) is 14.8 Å². The first-order valence-corrected chi connectivity index (χ1v) is 8.72. The molecule has 0 saturated carbocycles. The summed E-state index contributed by atoms with van der Waals surface area (Å²) in [6.45, 7) is 0.678. The Labute approximate surface area is 135 Å². The Kier molecular flexibility index (Phi) is 5.58. The molecule has 7 nitrogen and oxygen atoms in total. The molecule has 1 heterocycles. The van der Waals surface area contributed by atoms with Crippen molar-refractivity contribution in [1.82, 2.24) is 9.62 Å². The minimum absolute atomic E-state index is 0.0850. The van der Waals surface area contributed by atoms with Crippen LogP contribution in [0.2, 0.25) is 0 Å². The Morgan fingerprint density at radius 1 is 1.35 bits per heavy atom. The maximum atomic E-state index is 12.6. The van der Waals surface area contributed by atoms with Crippen molar-refractivity contribution in [2.75, 3.05) is 20.2 Å². The number of carbonyl (C=O) groups is 1. The van der Waals surface area contributed by atoms with Crippen LogP contribution in [0.15, 0.2) is 29.2 Å². The smallest absolute Gasteiger partial charge is 0.243 e. The van der Waals surface area contributed by atoms with Gasteiger partial charge in [0.2, 0.25) is 15.9 Å². The molecule has 23 heavy (non-hydrogen) atoms. The minimum Gasteiger partial charge on any atom is -0.497 e. The molecule has 1 aromatic carbocycles. The molecule has 0 unspecified atom stereocenters. The summed E-state index contributed by atoms with van der Waals surface area (Å²) < 4.78 is 31.6. The molecule has 0 radical (unpaired) electrons. The average molecular weight is 337 g/mol. The molecule has 0 bridgehead atoms. The largest absolute Gasteiger partial charge is 0.497 e. The van der Waals surface area contributed by atoms with Gasteiger partial charge in [0.25, 0.3) is 0 Å². The lowest BCUT2D eigenvalue weighted by Crippen LogP contribution is -2.46. The van der Waals surface area contributed by atoms with Gasteiger partial charge in [-0.1, -0.05) is 0 Å². The number of nitrogens with zero attached hydrogens (tertiary/aromatic N) is 2. The number of piperidine rings is 1. The molecule has 0 aromatic heterocycles. The van der Waals surface area contributed by atoms with Crippen molar-refractivity contribution in [3.05, 3.63) is 24.3 Å². The zero-order valence-electron chi connectivity index (χ0n) is 12.9. The molecule has 0 spiro atoms. The molecular weight excluding hydrogens is 318 g/mol. The maximum Gasteiger partial charge on any atom is 0.243 e. The Morgan fingerprint density at radius 3 is 2.48 bits per heavy atom. The Morgan fingerprint density at radius 2 is 1.96 bits per heavy atom. The van der Waals surface area contributed by atoms with Crippen LogP contribution in [0.5, 0.6) is 5.75 Å². The number of amides is 1. The Bertz CT molecular complexity index is 686. The lowest BCUT2D eigenvalue weighted by atomic mass is 10.1. The van der Waals surface area contributed by atoms with E-state index in [0.717, 1.165) is 0 Å². The molecule has 1 fully saturated rings. The van der Waals surface area contributed by atoms with Gasteiger partial charge in [0.15, 0.2) is 0 Å². The number of rotatable bonds is 5. The van der Waals surface area contributed by atoms with Gasteiger partial charge in [-0.05, 0) is 37.1 Å². The fourth-order valence-electron chi connectivity index (χ4n) is 2.49. The van der Waals surface area contributed by atoms with Gasteiger partial charge in [0.1, 0.15) is 12.2 Å². The highest BCUT2D eigenvalue weighted by Gasteiger charge is 2.29. The molecule has 1 aromatic rings. The maximum absolute atomic E-state index is 12.6. The molecular formula is C15H19N3O4S. The minimum atomic E-state index is -3.54. The number of hydrogen-bond acceptors (Lipinski definition) is 5. The highest BCUT2D eigenvalue weighted by atomic mass is 32.2. The van der Waals surface area contributed by atoms with E-state index < -0.39 is 10.0 Å². The fourth-order valence-corrected chi connectivity index (χ4v) is 3.96. The quantitative estimate of drug-likeness (QED) is 0.860. The summed E-state index contributed by atoms with van der Waals surface area (Å²) in [6.07, 6.45) is 0.892. The SMILES string of the molecule is COc1ccc(S(=O)(=O)N2CCC(NC(=O)CC#N)CC2)cc1. The van der Waals surface area contributed by atoms with E-state index >= 15 is 0 Å². The number of nitrogens with one attached hydrogen (secondary N) is 1. The van der Waals surface area contributed by atoms with Gasteiger partial charge in [-0.2, -0.15) is 9.57 Å². The Hall–Kier alpha value is -2.11. The number of sulfonamides is 1. The lowest BCUT2D eigenvalue weighted by Gasteiger charge is -2.31. The number of hydrogen-bond donors (Lipinski definition) is 1. The first-order valence-electron chi connectivity index (χ1n) is 7.28.